The summed E-state index contributed by atoms with van der Waals surface area (Å²) in [7, 11) is 1.63. The molecule has 1 aromatic carbocycles. The average Bonchev–Trinajstić information content (AvgIpc) is 2.64. The minimum atomic E-state index is -0.153. The normalized spacial score (nSPS) is 31.4. The summed E-state index contributed by atoms with van der Waals surface area (Å²) >= 11 is 0. The predicted molar refractivity (Wildman–Crippen MR) is 105 cm³/mol. The molecule has 0 atom stereocenters. The molecule has 6 rings (SSSR count). The molecular formula is C22H27N3O2. The van der Waals surface area contributed by atoms with E-state index in [0.29, 0.717) is 23.0 Å². The van der Waals surface area contributed by atoms with Gasteiger partial charge in [0.05, 0.1) is 5.39 Å². The minimum Gasteiger partial charge on any atom is -0.332 e. The van der Waals surface area contributed by atoms with Gasteiger partial charge in [0, 0.05) is 24.5 Å². The van der Waals surface area contributed by atoms with Crippen LogP contribution in [0.25, 0.3) is 10.8 Å². The van der Waals surface area contributed by atoms with E-state index in [1.165, 1.54) is 23.9 Å². The van der Waals surface area contributed by atoms with E-state index >= 15 is 0 Å². The first-order chi connectivity index (χ1) is 13.0. The molecule has 1 aromatic heterocycles. The lowest BCUT2D eigenvalue weighted by Gasteiger charge is -2.60. The predicted octanol–water partition coefficient (Wildman–Crippen LogP) is 3.36. The molecule has 27 heavy (non-hydrogen) atoms. The number of aromatic nitrogens is 2. The monoisotopic (exact) mass is 365 g/mol. The second kappa shape index (κ2) is 5.91. The highest BCUT2D eigenvalue weighted by molar-refractivity contribution is 6.05. The van der Waals surface area contributed by atoms with Gasteiger partial charge in [0.1, 0.15) is 0 Å². The van der Waals surface area contributed by atoms with E-state index in [4.69, 9.17) is 0 Å². The highest BCUT2D eigenvalue weighted by Crippen LogP contribution is 2.58. The first kappa shape index (κ1) is 17.0. The molecule has 4 bridgehead atoms. The van der Waals surface area contributed by atoms with E-state index in [9.17, 15) is 9.59 Å². The summed E-state index contributed by atoms with van der Waals surface area (Å²) in [5, 5.41) is 5.65. The summed E-state index contributed by atoms with van der Waals surface area (Å²) in [6, 6.07) is 7.36. The number of hydrogen-bond acceptors (Lipinski definition) is 3. The van der Waals surface area contributed by atoms with Crippen LogP contribution < -0.4 is 5.56 Å². The number of benzene rings is 1. The lowest BCUT2D eigenvalue weighted by Crippen LogP contribution is -2.61. The molecule has 142 valence electrons. The summed E-state index contributed by atoms with van der Waals surface area (Å²) in [5.74, 6) is 2.33. The molecule has 1 heterocycles. The van der Waals surface area contributed by atoms with E-state index in [1.54, 1.807) is 13.1 Å². The third-order valence-corrected chi connectivity index (χ3v) is 7.30. The van der Waals surface area contributed by atoms with Gasteiger partial charge in [-0.3, -0.25) is 9.59 Å². The van der Waals surface area contributed by atoms with Gasteiger partial charge in [0.15, 0.2) is 5.69 Å². The topological polar surface area (TPSA) is 55.2 Å². The number of amides is 1. The standard InChI is InChI=1S/C22H27N3O2/c1-3-25(22-11-14-8-15(12-22)10-16(9-14)13-22)21(27)19-17-6-4-5-7-18(17)20(26)24(2)23-19/h4-7,14-16H,3,8-13H2,1-2H3. The van der Waals surface area contributed by atoms with Gasteiger partial charge in [-0.15, -0.1) is 0 Å². The SMILES string of the molecule is CCN(C(=O)c1nn(C)c(=O)c2ccccc12)C12CC3CC(CC(C3)C1)C2. The Labute approximate surface area is 159 Å². The second-order valence-corrected chi connectivity index (χ2v) is 9.01. The molecule has 5 heteroatoms. The maximum Gasteiger partial charge on any atom is 0.275 e. The molecule has 0 saturated heterocycles. The smallest absolute Gasteiger partial charge is 0.275 e. The average molecular weight is 365 g/mol. The highest BCUT2D eigenvalue weighted by Gasteiger charge is 2.54. The van der Waals surface area contributed by atoms with Crippen LogP contribution in [0.15, 0.2) is 29.1 Å². The quantitative estimate of drug-likeness (QED) is 0.838. The van der Waals surface area contributed by atoms with Gasteiger partial charge in [-0.05, 0) is 69.3 Å². The lowest BCUT2D eigenvalue weighted by molar-refractivity contribution is -0.0732. The molecule has 0 N–H and O–H groups in total. The summed E-state index contributed by atoms with van der Waals surface area (Å²) in [4.78, 5) is 28.3. The van der Waals surface area contributed by atoms with Crippen LogP contribution in [0.4, 0.5) is 0 Å². The van der Waals surface area contributed by atoms with Crippen LogP contribution in [0, 0.1) is 17.8 Å². The molecule has 1 amide bonds. The maximum atomic E-state index is 13.7. The number of carbonyl (C=O) groups is 1. The van der Waals surface area contributed by atoms with Crippen molar-refractivity contribution < 1.29 is 4.79 Å². The Kier molecular flexibility index (Phi) is 3.72. The molecule has 0 radical (unpaired) electrons. The zero-order chi connectivity index (χ0) is 18.8. The van der Waals surface area contributed by atoms with Crippen molar-refractivity contribution >= 4 is 16.7 Å². The first-order valence-electron chi connectivity index (χ1n) is 10.3. The van der Waals surface area contributed by atoms with E-state index in [-0.39, 0.29) is 17.0 Å². The van der Waals surface area contributed by atoms with Crippen molar-refractivity contribution in [1.29, 1.82) is 0 Å². The zero-order valence-corrected chi connectivity index (χ0v) is 16.1. The van der Waals surface area contributed by atoms with Gasteiger partial charge in [-0.1, -0.05) is 18.2 Å². The number of rotatable bonds is 3. The first-order valence-corrected chi connectivity index (χ1v) is 10.3. The van der Waals surface area contributed by atoms with E-state index in [0.717, 1.165) is 37.0 Å². The van der Waals surface area contributed by atoms with Gasteiger partial charge < -0.3 is 4.90 Å². The van der Waals surface area contributed by atoms with E-state index in [2.05, 4.69) is 16.9 Å². The van der Waals surface area contributed by atoms with Crippen LogP contribution in [0.3, 0.4) is 0 Å². The molecule has 5 nitrogen and oxygen atoms in total. The molecule has 0 unspecified atom stereocenters. The van der Waals surface area contributed by atoms with E-state index in [1.807, 2.05) is 18.2 Å². The van der Waals surface area contributed by atoms with Crippen LogP contribution in [0.5, 0.6) is 0 Å². The number of fused-ring (bicyclic) bond motifs is 1. The molecule has 2 aromatic rings. The van der Waals surface area contributed by atoms with Crippen LogP contribution in [0.2, 0.25) is 0 Å². The lowest BCUT2D eigenvalue weighted by atomic mass is 9.52. The molecule has 4 fully saturated rings. The highest BCUT2D eigenvalue weighted by atomic mass is 16.2. The zero-order valence-electron chi connectivity index (χ0n) is 16.1. The van der Waals surface area contributed by atoms with Crippen LogP contribution in [0.1, 0.15) is 55.9 Å². The molecule has 4 aliphatic carbocycles. The fraction of sp³-hybridized carbons (Fsp3) is 0.591. The van der Waals surface area contributed by atoms with Crippen molar-refractivity contribution in [1.82, 2.24) is 14.7 Å². The third-order valence-electron chi connectivity index (χ3n) is 7.30. The van der Waals surface area contributed by atoms with Gasteiger partial charge >= 0.3 is 0 Å². The summed E-state index contributed by atoms with van der Waals surface area (Å²) in [6.07, 6.45) is 7.48. The summed E-state index contributed by atoms with van der Waals surface area (Å²) in [6.45, 7) is 2.78. The number of nitrogens with zero attached hydrogens (tertiary/aromatic N) is 3. The van der Waals surface area contributed by atoms with Crippen molar-refractivity contribution in [3.05, 3.63) is 40.3 Å². The minimum absolute atomic E-state index is 0.00191. The van der Waals surface area contributed by atoms with Crippen LogP contribution >= 0.6 is 0 Å². The molecule has 4 saturated carbocycles. The number of carbonyl (C=O) groups excluding carboxylic acids is 1. The van der Waals surface area contributed by atoms with Crippen molar-refractivity contribution in [2.45, 2.75) is 51.0 Å². The Balaban J connectivity index is 1.60. The van der Waals surface area contributed by atoms with Gasteiger partial charge in [0.2, 0.25) is 0 Å². The van der Waals surface area contributed by atoms with Crippen LogP contribution in [-0.4, -0.2) is 32.7 Å². The fourth-order valence-electron chi connectivity index (χ4n) is 6.68. The maximum absolute atomic E-state index is 13.7. The van der Waals surface area contributed by atoms with Crippen molar-refractivity contribution in [3.8, 4) is 0 Å². The third kappa shape index (κ3) is 2.47. The summed E-state index contributed by atoms with van der Waals surface area (Å²) in [5.41, 5.74) is 0.267. The Bertz CT molecular complexity index is 942. The molecule has 4 aliphatic rings. The Hall–Kier alpha value is -2.17. The number of hydrogen-bond donors (Lipinski definition) is 0. The van der Waals surface area contributed by atoms with Crippen molar-refractivity contribution in [3.63, 3.8) is 0 Å². The summed E-state index contributed by atoms with van der Waals surface area (Å²) < 4.78 is 1.31. The number of aryl methyl sites for hydroxylation is 1. The van der Waals surface area contributed by atoms with Gasteiger partial charge in [-0.25, -0.2) is 4.68 Å². The van der Waals surface area contributed by atoms with Crippen molar-refractivity contribution in [2.75, 3.05) is 6.54 Å². The Morgan fingerprint density at radius 1 is 1.11 bits per heavy atom. The van der Waals surface area contributed by atoms with Gasteiger partial charge in [-0.2, -0.15) is 5.10 Å². The van der Waals surface area contributed by atoms with Crippen LogP contribution in [-0.2, 0) is 7.05 Å². The Morgan fingerprint density at radius 2 is 1.67 bits per heavy atom. The molecular weight excluding hydrogens is 338 g/mol. The largest absolute Gasteiger partial charge is 0.332 e. The Morgan fingerprint density at radius 3 is 2.22 bits per heavy atom. The van der Waals surface area contributed by atoms with E-state index < -0.39 is 0 Å². The van der Waals surface area contributed by atoms with Gasteiger partial charge in [0.25, 0.3) is 11.5 Å². The van der Waals surface area contributed by atoms with Crippen molar-refractivity contribution in [2.24, 2.45) is 24.8 Å². The second-order valence-electron chi connectivity index (χ2n) is 9.01. The molecule has 0 spiro atoms. The fourth-order valence-corrected chi connectivity index (χ4v) is 6.68. The molecule has 0 aliphatic heterocycles.